The van der Waals surface area contributed by atoms with Crippen LogP contribution in [0, 0.1) is 5.92 Å². The van der Waals surface area contributed by atoms with Gasteiger partial charge in [0.05, 0.1) is 22.3 Å². The van der Waals surface area contributed by atoms with Gasteiger partial charge in [0.1, 0.15) is 0 Å². The maximum atomic E-state index is 14.4. The third-order valence-corrected chi connectivity index (χ3v) is 20.2. The van der Waals surface area contributed by atoms with E-state index in [0.717, 1.165) is 77.0 Å². The lowest BCUT2D eigenvalue weighted by Gasteiger charge is -2.42. The predicted octanol–water partition coefficient (Wildman–Crippen LogP) is 15.6. The maximum Gasteiger partial charge on any atom is 0.416 e. The Morgan fingerprint density at radius 2 is 0.900 bits per heavy atom. The van der Waals surface area contributed by atoms with Gasteiger partial charge < -0.3 is 0 Å². The second-order valence-corrected chi connectivity index (χ2v) is 22.9. The van der Waals surface area contributed by atoms with E-state index in [4.69, 9.17) is 0 Å². The summed E-state index contributed by atoms with van der Waals surface area (Å²) in [4.78, 5) is 0. The molecule has 60 heavy (non-hydrogen) atoms. The van der Waals surface area contributed by atoms with Gasteiger partial charge in [0, 0.05) is 0 Å². The average molecular weight is 895 g/mol. The fourth-order valence-corrected chi connectivity index (χ4v) is 18.2. The summed E-state index contributed by atoms with van der Waals surface area (Å²) in [5.74, 6) is -0.377. The topological polar surface area (TPSA) is 0 Å². The SMILES string of the molecule is C[C@H](C1CCCC1c1c(C2CCCC2)cccc1P(C1CCCCC1)C1CCCCC1)P(c1cc(C(F)(F)F)cc(C(F)(F)F)c1)c1cc(C(F)(F)F)cc(C(F)(F)F)c1. The molecule has 0 bridgehead atoms. The van der Waals surface area contributed by atoms with Crippen molar-refractivity contribution in [2.45, 2.75) is 170 Å². The Morgan fingerprint density at radius 1 is 0.483 bits per heavy atom. The number of hydrogen-bond donors (Lipinski definition) is 0. The van der Waals surface area contributed by atoms with E-state index >= 15 is 0 Å². The standard InChI is InChI=1S/C46H52F12P2/c1-28(59(36-24-30(43(47,48)49)22-31(25-36)44(50,51)52)37-26-32(45(53,54)55)23-33(27-37)46(56,57)58)38-18-10-20-40(38)42-39(29-12-8-9-13-29)19-11-21-41(42)60(34-14-4-2-5-15-34)35-16-6-3-7-17-35/h11,19,21-29,34-35,38,40H,2-10,12-18,20H2,1H3/t28-,38?,40?/m1/s1. The molecule has 4 saturated carbocycles. The van der Waals surface area contributed by atoms with Crippen molar-refractivity contribution in [3.05, 3.63) is 88.0 Å². The van der Waals surface area contributed by atoms with Crippen molar-refractivity contribution < 1.29 is 52.7 Å². The van der Waals surface area contributed by atoms with Gasteiger partial charge in [0.2, 0.25) is 0 Å². The van der Waals surface area contributed by atoms with E-state index < -0.39 is 85.0 Å². The number of hydrogen-bond acceptors (Lipinski definition) is 0. The molecule has 4 aliphatic rings. The molecule has 7 rings (SSSR count). The van der Waals surface area contributed by atoms with Crippen molar-refractivity contribution in [1.29, 1.82) is 0 Å². The number of halogens is 12. The van der Waals surface area contributed by atoms with E-state index in [1.54, 1.807) is 6.92 Å². The molecule has 3 aromatic rings. The van der Waals surface area contributed by atoms with Crippen molar-refractivity contribution in [1.82, 2.24) is 0 Å². The summed E-state index contributed by atoms with van der Waals surface area (Å²) >= 11 is 0. The lowest BCUT2D eigenvalue weighted by Crippen LogP contribution is -2.33. The molecule has 0 radical (unpaired) electrons. The van der Waals surface area contributed by atoms with Crippen LogP contribution in [-0.4, -0.2) is 17.0 Å². The van der Waals surface area contributed by atoms with Gasteiger partial charge in [0.25, 0.3) is 0 Å². The Balaban J connectivity index is 1.44. The van der Waals surface area contributed by atoms with E-state index in [1.807, 2.05) is 0 Å². The molecule has 0 aromatic heterocycles. The lowest BCUT2D eigenvalue weighted by molar-refractivity contribution is -0.144. The van der Waals surface area contributed by atoms with Crippen LogP contribution in [0.15, 0.2) is 54.6 Å². The van der Waals surface area contributed by atoms with Gasteiger partial charge in [0.15, 0.2) is 0 Å². The quantitative estimate of drug-likeness (QED) is 0.148. The number of rotatable bonds is 9. The van der Waals surface area contributed by atoms with Crippen LogP contribution in [0.2, 0.25) is 0 Å². The first-order chi connectivity index (χ1) is 28.2. The molecule has 0 nitrogen and oxygen atoms in total. The molecule has 3 atom stereocenters. The van der Waals surface area contributed by atoms with Crippen molar-refractivity contribution in [2.24, 2.45) is 5.92 Å². The molecule has 0 saturated heterocycles. The molecule has 0 spiro atoms. The van der Waals surface area contributed by atoms with Crippen LogP contribution in [0.1, 0.15) is 161 Å². The summed E-state index contributed by atoms with van der Waals surface area (Å²) in [7, 11) is -3.32. The van der Waals surface area contributed by atoms with E-state index in [-0.39, 0.29) is 24.0 Å². The van der Waals surface area contributed by atoms with E-state index in [1.165, 1.54) is 29.3 Å². The fraction of sp³-hybridized carbons (Fsp3) is 0.609. The Bertz CT molecular complexity index is 1770. The highest BCUT2D eigenvalue weighted by Crippen LogP contribution is 2.60. The Kier molecular flexibility index (Phi) is 13.7. The summed E-state index contributed by atoms with van der Waals surface area (Å²) in [6, 6.07) is 8.55. The zero-order valence-electron chi connectivity index (χ0n) is 33.6. The molecule has 3 aromatic carbocycles. The smallest absolute Gasteiger partial charge is 0.166 e. The fourth-order valence-electron chi connectivity index (χ4n) is 11.1. The molecule has 330 valence electrons. The summed E-state index contributed by atoms with van der Waals surface area (Å²) in [5.41, 5.74) is -4.03. The molecule has 2 unspecified atom stereocenters. The largest absolute Gasteiger partial charge is 0.416 e. The maximum absolute atomic E-state index is 14.4. The third-order valence-electron chi connectivity index (χ3n) is 13.8. The zero-order valence-corrected chi connectivity index (χ0v) is 35.4. The van der Waals surface area contributed by atoms with Gasteiger partial charge in [-0.05, 0) is 157 Å². The van der Waals surface area contributed by atoms with Gasteiger partial charge in [-0.1, -0.05) is 90.8 Å². The minimum absolute atomic E-state index is 0.0454. The second kappa shape index (κ2) is 18.0. The summed E-state index contributed by atoms with van der Waals surface area (Å²) < 4.78 is 173. The summed E-state index contributed by atoms with van der Waals surface area (Å²) in [5, 5.41) is 0.237. The van der Waals surface area contributed by atoms with Gasteiger partial charge in [-0.25, -0.2) is 0 Å². The van der Waals surface area contributed by atoms with Crippen molar-refractivity contribution >= 4 is 31.8 Å². The highest BCUT2D eigenvalue weighted by atomic mass is 31.1. The van der Waals surface area contributed by atoms with Crippen molar-refractivity contribution in [3.63, 3.8) is 0 Å². The Morgan fingerprint density at radius 3 is 1.32 bits per heavy atom. The van der Waals surface area contributed by atoms with Gasteiger partial charge >= 0.3 is 24.7 Å². The molecule has 0 N–H and O–H groups in total. The highest BCUT2D eigenvalue weighted by molar-refractivity contribution is 7.73. The van der Waals surface area contributed by atoms with Crippen molar-refractivity contribution in [3.8, 4) is 0 Å². The van der Waals surface area contributed by atoms with Crippen molar-refractivity contribution in [2.75, 3.05) is 0 Å². The Labute approximate surface area is 347 Å². The van der Waals surface area contributed by atoms with Gasteiger partial charge in [-0.2, -0.15) is 52.7 Å². The van der Waals surface area contributed by atoms with Crippen LogP contribution in [0.25, 0.3) is 0 Å². The molecule has 0 aliphatic heterocycles. The molecular weight excluding hydrogens is 842 g/mol. The van der Waals surface area contributed by atoms with E-state index in [0.29, 0.717) is 54.8 Å². The third kappa shape index (κ3) is 10.1. The van der Waals surface area contributed by atoms with Crippen LogP contribution in [-0.2, 0) is 24.7 Å². The second-order valence-electron chi connectivity index (χ2n) is 17.6. The zero-order chi connectivity index (χ0) is 43.2. The summed E-state index contributed by atoms with van der Waals surface area (Å²) in [6.45, 7) is 1.64. The molecular formula is C46H52F12P2. The van der Waals surface area contributed by atoms with Crippen LogP contribution in [0.5, 0.6) is 0 Å². The van der Waals surface area contributed by atoms with E-state index in [9.17, 15) is 52.7 Å². The average Bonchev–Trinajstić information content (AvgIpc) is 3.91. The Hall–Kier alpha value is -2.32. The predicted molar refractivity (Wildman–Crippen MR) is 217 cm³/mol. The molecule has 4 aliphatic carbocycles. The van der Waals surface area contributed by atoms with Gasteiger partial charge in [-0.3, -0.25) is 0 Å². The van der Waals surface area contributed by atoms with Crippen LogP contribution in [0.4, 0.5) is 52.7 Å². The van der Waals surface area contributed by atoms with Crippen LogP contribution in [0.3, 0.4) is 0 Å². The minimum Gasteiger partial charge on any atom is -0.166 e. The molecule has 4 fully saturated rings. The first-order valence-electron chi connectivity index (χ1n) is 21.5. The molecule has 0 amide bonds. The first kappa shape index (κ1) is 45.7. The highest BCUT2D eigenvalue weighted by Gasteiger charge is 2.46. The summed E-state index contributed by atoms with van der Waals surface area (Å²) in [6.07, 6.45) is -3.74. The van der Waals surface area contributed by atoms with Crippen LogP contribution >= 0.6 is 15.8 Å². The minimum atomic E-state index is -5.27. The van der Waals surface area contributed by atoms with Crippen LogP contribution < -0.4 is 15.9 Å². The van der Waals surface area contributed by atoms with E-state index in [2.05, 4.69) is 18.2 Å². The molecule has 0 heterocycles. The number of alkyl halides is 12. The van der Waals surface area contributed by atoms with Gasteiger partial charge in [-0.15, -0.1) is 0 Å². The number of benzene rings is 3. The lowest BCUT2D eigenvalue weighted by atomic mass is 9.80. The monoisotopic (exact) mass is 894 g/mol. The first-order valence-corrected chi connectivity index (χ1v) is 24.4. The molecule has 14 heteroatoms. The normalized spacial score (nSPS) is 22.6.